The second-order valence-corrected chi connectivity index (χ2v) is 9.25. The number of nitrogens with one attached hydrogen (secondary N) is 1. The van der Waals surface area contributed by atoms with Gasteiger partial charge in [0.25, 0.3) is 5.91 Å². The van der Waals surface area contributed by atoms with Gasteiger partial charge in [-0.1, -0.05) is 30.1 Å². The van der Waals surface area contributed by atoms with Gasteiger partial charge in [-0.2, -0.15) is 0 Å². The van der Waals surface area contributed by atoms with Crippen molar-refractivity contribution in [1.82, 2.24) is 10.3 Å². The summed E-state index contributed by atoms with van der Waals surface area (Å²) in [6.07, 6.45) is 5.05. The van der Waals surface area contributed by atoms with Crippen molar-refractivity contribution in [2.24, 2.45) is 11.8 Å². The summed E-state index contributed by atoms with van der Waals surface area (Å²) >= 11 is 12.6. The zero-order chi connectivity index (χ0) is 23.3. The van der Waals surface area contributed by atoms with Gasteiger partial charge >= 0.3 is 5.97 Å². The second-order valence-electron chi connectivity index (χ2n) is 8.41. The number of hydrogen-bond acceptors (Lipinski definition) is 4. The molecular weight excluding hydrogens is 451 g/mol. The SMILES string of the molecule is COc1ccc(Cl)cc1C(C)Cc1ncc(C(=O)NCC2CCC(C(=O)O)CC2)cc1Cl. The number of rotatable bonds is 8. The average molecular weight is 479 g/mol. The predicted octanol–water partition coefficient (Wildman–Crippen LogP) is 5.36. The molecule has 0 bridgehead atoms. The maximum absolute atomic E-state index is 12.6. The topological polar surface area (TPSA) is 88.5 Å². The first kappa shape index (κ1) is 24.3. The molecule has 6 nitrogen and oxygen atoms in total. The Labute approximate surface area is 198 Å². The van der Waals surface area contributed by atoms with Gasteiger partial charge in [-0.3, -0.25) is 14.6 Å². The number of methoxy groups -OCH3 is 1. The lowest BCUT2D eigenvalue weighted by atomic mass is 9.82. The van der Waals surface area contributed by atoms with Gasteiger partial charge in [0.15, 0.2) is 0 Å². The molecule has 1 aromatic carbocycles. The van der Waals surface area contributed by atoms with Gasteiger partial charge in [-0.25, -0.2) is 0 Å². The standard InChI is InChI=1S/C24H28Cl2N2O4/c1-14(19-11-18(25)7-8-22(19)32-2)9-21-20(26)10-17(13-27-21)23(29)28-12-15-3-5-16(6-4-15)24(30)31/h7-8,10-11,13-16H,3-6,9,12H2,1-2H3,(H,28,29)(H,30,31). The van der Waals surface area contributed by atoms with Crippen LogP contribution in [0.1, 0.15) is 60.1 Å². The van der Waals surface area contributed by atoms with Crippen LogP contribution in [0.4, 0.5) is 0 Å². The average Bonchev–Trinajstić information content (AvgIpc) is 2.78. The molecule has 0 spiro atoms. The molecule has 1 fully saturated rings. The number of carbonyl (C=O) groups excluding carboxylic acids is 1. The molecule has 3 rings (SSSR count). The van der Waals surface area contributed by atoms with Crippen LogP contribution in [0.5, 0.6) is 5.75 Å². The molecule has 8 heteroatoms. The molecule has 2 aromatic rings. The van der Waals surface area contributed by atoms with Crippen LogP contribution >= 0.6 is 23.2 Å². The van der Waals surface area contributed by atoms with E-state index >= 15 is 0 Å². The number of carbonyl (C=O) groups is 2. The number of aromatic nitrogens is 1. The number of nitrogens with zero attached hydrogens (tertiary/aromatic N) is 1. The highest BCUT2D eigenvalue weighted by molar-refractivity contribution is 6.31. The summed E-state index contributed by atoms with van der Waals surface area (Å²) in [6, 6.07) is 7.14. The van der Waals surface area contributed by atoms with E-state index in [4.69, 9.17) is 33.0 Å². The summed E-state index contributed by atoms with van der Waals surface area (Å²) in [7, 11) is 1.62. The molecule has 172 valence electrons. The van der Waals surface area contributed by atoms with Crippen molar-refractivity contribution in [3.8, 4) is 5.75 Å². The van der Waals surface area contributed by atoms with Gasteiger partial charge in [0.05, 0.1) is 29.3 Å². The van der Waals surface area contributed by atoms with Crippen LogP contribution in [0.2, 0.25) is 10.0 Å². The second kappa shape index (κ2) is 11.0. The largest absolute Gasteiger partial charge is 0.496 e. The molecular formula is C24H28Cl2N2O4. The van der Waals surface area contributed by atoms with Gasteiger partial charge in [-0.15, -0.1) is 0 Å². The van der Waals surface area contributed by atoms with Crippen LogP contribution in [-0.4, -0.2) is 35.6 Å². The fourth-order valence-electron chi connectivity index (χ4n) is 4.18. The van der Waals surface area contributed by atoms with E-state index in [-0.39, 0.29) is 17.7 Å². The van der Waals surface area contributed by atoms with E-state index in [1.807, 2.05) is 19.1 Å². The lowest BCUT2D eigenvalue weighted by Crippen LogP contribution is -2.32. The molecule has 0 aliphatic heterocycles. The molecule has 1 saturated carbocycles. The molecule has 1 aromatic heterocycles. The van der Waals surface area contributed by atoms with Crippen molar-refractivity contribution in [2.45, 2.75) is 44.9 Å². The fraction of sp³-hybridized carbons (Fsp3) is 0.458. The lowest BCUT2D eigenvalue weighted by molar-refractivity contribution is -0.143. The maximum Gasteiger partial charge on any atom is 0.306 e. The summed E-state index contributed by atoms with van der Waals surface area (Å²) in [4.78, 5) is 28.1. The maximum atomic E-state index is 12.6. The minimum atomic E-state index is -0.726. The van der Waals surface area contributed by atoms with Gasteiger partial charge < -0.3 is 15.2 Å². The predicted molar refractivity (Wildman–Crippen MR) is 125 cm³/mol. The van der Waals surface area contributed by atoms with Crippen LogP contribution in [0.3, 0.4) is 0 Å². The summed E-state index contributed by atoms with van der Waals surface area (Å²) in [6.45, 7) is 2.57. The summed E-state index contributed by atoms with van der Waals surface area (Å²) in [5.74, 6) is -0.0921. The van der Waals surface area contributed by atoms with Gasteiger partial charge in [0, 0.05) is 17.8 Å². The third-order valence-electron chi connectivity index (χ3n) is 6.15. The molecule has 32 heavy (non-hydrogen) atoms. The van der Waals surface area contributed by atoms with E-state index in [2.05, 4.69) is 10.3 Å². The monoisotopic (exact) mass is 478 g/mol. The Balaban J connectivity index is 1.58. The van der Waals surface area contributed by atoms with E-state index in [0.717, 1.165) is 24.2 Å². The first-order valence-corrected chi connectivity index (χ1v) is 11.5. The number of carboxylic acid groups (broad SMARTS) is 1. The van der Waals surface area contributed by atoms with Crippen LogP contribution in [0.15, 0.2) is 30.5 Å². The highest BCUT2D eigenvalue weighted by Crippen LogP contribution is 2.33. The van der Waals surface area contributed by atoms with E-state index in [0.29, 0.717) is 53.0 Å². The normalized spacial score (nSPS) is 19.2. The fourth-order valence-corrected chi connectivity index (χ4v) is 4.61. The Morgan fingerprint density at radius 2 is 1.94 bits per heavy atom. The van der Waals surface area contributed by atoms with Crippen molar-refractivity contribution < 1.29 is 19.4 Å². The summed E-state index contributed by atoms with van der Waals surface area (Å²) in [5.41, 5.74) is 2.08. The van der Waals surface area contributed by atoms with Crippen molar-refractivity contribution >= 4 is 35.1 Å². The Hall–Kier alpha value is -2.31. The summed E-state index contributed by atoms with van der Waals surface area (Å²) < 4.78 is 5.44. The number of halogens is 2. The Morgan fingerprint density at radius 1 is 1.22 bits per heavy atom. The molecule has 1 heterocycles. The number of carboxylic acids is 1. The number of benzene rings is 1. The molecule has 2 N–H and O–H groups in total. The quantitative estimate of drug-likeness (QED) is 0.532. The molecule has 1 unspecified atom stereocenters. The first-order valence-electron chi connectivity index (χ1n) is 10.8. The molecule has 1 atom stereocenters. The molecule has 1 aliphatic rings. The molecule has 0 saturated heterocycles. The first-order chi connectivity index (χ1) is 15.3. The molecule has 1 amide bonds. The Kier molecular flexibility index (Phi) is 8.38. The van der Waals surface area contributed by atoms with Gasteiger partial charge in [0.2, 0.25) is 0 Å². The molecule has 1 aliphatic carbocycles. The Morgan fingerprint density at radius 3 is 2.56 bits per heavy atom. The number of amides is 1. The van der Waals surface area contributed by atoms with Crippen molar-refractivity contribution in [3.05, 3.63) is 57.3 Å². The Bertz CT molecular complexity index is 974. The number of hydrogen-bond donors (Lipinski definition) is 2. The highest BCUT2D eigenvalue weighted by Gasteiger charge is 2.26. The highest BCUT2D eigenvalue weighted by atomic mass is 35.5. The third kappa shape index (κ3) is 6.14. The summed E-state index contributed by atoms with van der Waals surface area (Å²) in [5, 5.41) is 13.1. The van der Waals surface area contributed by atoms with Crippen molar-refractivity contribution in [3.63, 3.8) is 0 Å². The van der Waals surface area contributed by atoms with Gasteiger partial charge in [0.1, 0.15) is 5.75 Å². The van der Waals surface area contributed by atoms with Crippen molar-refractivity contribution in [2.75, 3.05) is 13.7 Å². The van der Waals surface area contributed by atoms with Crippen LogP contribution in [0, 0.1) is 11.8 Å². The van der Waals surface area contributed by atoms with Crippen LogP contribution in [0.25, 0.3) is 0 Å². The van der Waals surface area contributed by atoms with Crippen LogP contribution in [-0.2, 0) is 11.2 Å². The third-order valence-corrected chi connectivity index (χ3v) is 6.71. The van der Waals surface area contributed by atoms with E-state index < -0.39 is 5.97 Å². The number of ether oxygens (including phenoxy) is 1. The van der Waals surface area contributed by atoms with Crippen molar-refractivity contribution in [1.29, 1.82) is 0 Å². The zero-order valence-electron chi connectivity index (χ0n) is 18.2. The lowest BCUT2D eigenvalue weighted by Gasteiger charge is -2.26. The number of aliphatic carboxylic acids is 1. The number of pyridine rings is 1. The minimum absolute atomic E-state index is 0.0641. The van der Waals surface area contributed by atoms with E-state index in [1.165, 1.54) is 0 Å². The van der Waals surface area contributed by atoms with Crippen LogP contribution < -0.4 is 10.1 Å². The van der Waals surface area contributed by atoms with Gasteiger partial charge in [-0.05, 0) is 73.8 Å². The van der Waals surface area contributed by atoms with E-state index in [9.17, 15) is 9.59 Å². The molecule has 0 radical (unpaired) electrons. The smallest absolute Gasteiger partial charge is 0.306 e. The minimum Gasteiger partial charge on any atom is -0.496 e. The zero-order valence-corrected chi connectivity index (χ0v) is 19.7. The van der Waals surface area contributed by atoms with E-state index in [1.54, 1.807) is 25.4 Å².